The van der Waals surface area contributed by atoms with Crippen molar-refractivity contribution in [2.45, 2.75) is 30.0 Å². The largest absolute Gasteiger partial charge is 0.326 e. The molecule has 4 nitrogen and oxygen atoms in total. The summed E-state index contributed by atoms with van der Waals surface area (Å²) in [7, 11) is -3.50. The van der Waals surface area contributed by atoms with E-state index < -0.39 is 10.0 Å². The fraction of sp³-hybridized carbons (Fsp3) is 0.500. The number of nitrogens with two attached hydrogens (primary N) is 1. The second-order valence-electron chi connectivity index (χ2n) is 4.19. The third-order valence-electron chi connectivity index (χ3n) is 2.80. The molecule has 0 aliphatic rings. The van der Waals surface area contributed by atoms with Gasteiger partial charge in [0.1, 0.15) is 0 Å². The molecule has 0 fully saturated rings. The topological polar surface area (TPSA) is 72.2 Å². The van der Waals surface area contributed by atoms with Crippen LogP contribution in [0.4, 0.5) is 0 Å². The first kappa shape index (κ1) is 16.8. The molecule has 1 rings (SSSR count). The highest BCUT2D eigenvalue weighted by Gasteiger charge is 2.15. The maximum absolute atomic E-state index is 12.0. The molecule has 0 spiro atoms. The number of halogens is 1. The Bertz CT molecular complexity index is 520. The Morgan fingerprint density at radius 1 is 1.47 bits per heavy atom. The van der Waals surface area contributed by atoms with Crippen molar-refractivity contribution in [2.24, 2.45) is 5.73 Å². The quantitative estimate of drug-likeness (QED) is 0.807. The molecule has 0 bridgehead atoms. The number of hydrogen-bond acceptors (Lipinski definition) is 4. The molecular formula is C12H19ClN2O2S2. The van der Waals surface area contributed by atoms with Gasteiger partial charge in [-0.3, -0.25) is 0 Å². The Balaban J connectivity index is 2.75. The Morgan fingerprint density at radius 2 is 2.16 bits per heavy atom. The van der Waals surface area contributed by atoms with Crippen LogP contribution in [0.3, 0.4) is 0 Å². The van der Waals surface area contributed by atoms with Crippen molar-refractivity contribution in [3.05, 3.63) is 28.8 Å². The number of thioether (sulfide) groups is 1. The molecule has 1 aromatic rings. The Kier molecular flexibility index (Phi) is 6.62. The van der Waals surface area contributed by atoms with Gasteiger partial charge in [0, 0.05) is 23.4 Å². The van der Waals surface area contributed by atoms with Crippen LogP contribution in [0.1, 0.15) is 18.9 Å². The summed E-state index contributed by atoms with van der Waals surface area (Å²) < 4.78 is 26.7. The first-order chi connectivity index (χ1) is 8.90. The van der Waals surface area contributed by atoms with Gasteiger partial charge in [0.05, 0.1) is 4.90 Å². The van der Waals surface area contributed by atoms with Crippen LogP contribution in [0, 0.1) is 0 Å². The zero-order valence-corrected chi connectivity index (χ0v) is 13.4. The van der Waals surface area contributed by atoms with Crippen LogP contribution in [0.2, 0.25) is 5.02 Å². The van der Waals surface area contributed by atoms with E-state index in [1.54, 1.807) is 17.8 Å². The molecule has 0 aromatic heterocycles. The molecule has 1 unspecified atom stereocenters. The average molecular weight is 323 g/mol. The Morgan fingerprint density at radius 3 is 2.68 bits per heavy atom. The predicted molar refractivity (Wildman–Crippen MR) is 82.1 cm³/mol. The monoisotopic (exact) mass is 322 g/mol. The third-order valence-corrected chi connectivity index (χ3v) is 5.65. The van der Waals surface area contributed by atoms with E-state index in [1.165, 1.54) is 12.1 Å². The zero-order valence-electron chi connectivity index (χ0n) is 11.0. The second-order valence-corrected chi connectivity index (χ2v) is 7.64. The minimum Gasteiger partial charge on any atom is -0.326 e. The first-order valence-electron chi connectivity index (χ1n) is 5.91. The lowest BCUT2D eigenvalue weighted by molar-refractivity contribution is 0.579. The van der Waals surface area contributed by atoms with Crippen LogP contribution in [-0.2, 0) is 16.6 Å². The molecule has 0 aliphatic heterocycles. The number of hydrogen-bond donors (Lipinski definition) is 2. The molecule has 19 heavy (non-hydrogen) atoms. The van der Waals surface area contributed by atoms with Gasteiger partial charge in [0.25, 0.3) is 0 Å². The summed E-state index contributed by atoms with van der Waals surface area (Å²) in [5.74, 6) is 0. The molecule has 0 radical (unpaired) electrons. The lowest BCUT2D eigenvalue weighted by Crippen LogP contribution is -2.26. The van der Waals surface area contributed by atoms with Gasteiger partial charge in [-0.2, -0.15) is 11.8 Å². The number of sulfonamides is 1. The van der Waals surface area contributed by atoms with Crippen LogP contribution in [-0.4, -0.2) is 26.5 Å². The van der Waals surface area contributed by atoms with Crippen LogP contribution in [0.5, 0.6) is 0 Å². The van der Waals surface area contributed by atoms with E-state index in [9.17, 15) is 8.42 Å². The molecule has 0 saturated carbocycles. The highest BCUT2D eigenvalue weighted by Crippen LogP contribution is 2.20. The zero-order chi connectivity index (χ0) is 14.5. The second kappa shape index (κ2) is 7.50. The van der Waals surface area contributed by atoms with Crippen molar-refractivity contribution in [1.82, 2.24) is 4.72 Å². The van der Waals surface area contributed by atoms with Crippen molar-refractivity contribution in [1.29, 1.82) is 0 Å². The highest BCUT2D eigenvalue weighted by molar-refractivity contribution is 7.99. The molecule has 108 valence electrons. The molecule has 1 aromatic carbocycles. The van der Waals surface area contributed by atoms with Crippen LogP contribution in [0.15, 0.2) is 23.1 Å². The van der Waals surface area contributed by atoms with Gasteiger partial charge in [-0.1, -0.05) is 24.6 Å². The van der Waals surface area contributed by atoms with Crippen molar-refractivity contribution in [3.63, 3.8) is 0 Å². The lowest BCUT2D eigenvalue weighted by atomic mass is 10.2. The van der Waals surface area contributed by atoms with E-state index in [1.807, 2.05) is 6.26 Å². The SMILES string of the molecule is CSC(C)CCNS(=O)(=O)c1ccc(CN)c(Cl)c1. The number of rotatable bonds is 7. The minimum absolute atomic E-state index is 0.173. The smallest absolute Gasteiger partial charge is 0.240 e. The number of benzene rings is 1. The summed E-state index contributed by atoms with van der Waals surface area (Å²) in [5.41, 5.74) is 6.22. The van der Waals surface area contributed by atoms with E-state index in [0.717, 1.165) is 12.0 Å². The Hall–Kier alpha value is -0.270. The van der Waals surface area contributed by atoms with Gasteiger partial charge >= 0.3 is 0 Å². The summed E-state index contributed by atoms with van der Waals surface area (Å²) in [6.07, 6.45) is 2.79. The molecule has 1 atom stereocenters. The molecule has 0 aliphatic carbocycles. The van der Waals surface area contributed by atoms with Crippen LogP contribution >= 0.6 is 23.4 Å². The normalized spacial score (nSPS) is 13.5. The molecular weight excluding hydrogens is 304 g/mol. The summed E-state index contributed by atoms with van der Waals surface area (Å²) in [4.78, 5) is 0.173. The molecule has 0 saturated heterocycles. The lowest BCUT2D eigenvalue weighted by Gasteiger charge is -2.11. The standard InChI is InChI=1S/C12H19ClN2O2S2/c1-9(18-2)5-6-15-19(16,17)11-4-3-10(8-14)12(13)7-11/h3-4,7,9,15H,5-6,8,14H2,1-2H3. The summed E-state index contributed by atoms with van der Waals surface area (Å²) in [6.45, 7) is 2.77. The van der Waals surface area contributed by atoms with E-state index in [0.29, 0.717) is 16.8 Å². The minimum atomic E-state index is -3.50. The van der Waals surface area contributed by atoms with E-state index >= 15 is 0 Å². The van der Waals surface area contributed by atoms with Gasteiger partial charge in [0.15, 0.2) is 0 Å². The van der Waals surface area contributed by atoms with E-state index in [-0.39, 0.29) is 11.4 Å². The van der Waals surface area contributed by atoms with Gasteiger partial charge in [-0.15, -0.1) is 0 Å². The fourth-order valence-corrected chi connectivity index (χ4v) is 3.21. The molecule has 7 heteroatoms. The maximum Gasteiger partial charge on any atom is 0.240 e. The summed E-state index contributed by atoms with van der Waals surface area (Å²) in [6, 6.07) is 4.60. The van der Waals surface area contributed by atoms with Gasteiger partial charge in [-0.25, -0.2) is 13.1 Å². The van der Waals surface area contributed by atoms with Crippen LogP contribution < -0.4 is 10.5 Å². The molecule has 0 amide bonds. The van der Waals surface area contributed by atoms with Crippen molar-refractivity contribution < 1.29 is 8.42 Å². The maximum atomic E-state index is 12.0. The van der Waals surface area contributed by atoms with Crippen molar-refractivity contribution in [2.75, 3.05) is 12.8 Å². The van der Waals surface area contributed by atoms with E-state index in [4.69, 9.17) is 17.3 Å². The van der Waals surface area contributed by atoms with Crippen molar-refractivity contribution >= 4 is 33.4 Å². The van der Waals surface area contributed by atoms with E-state index in [2.05, 4.69) is 11.6 Å². The highest BCUT2D eigenvalue weighted by atomic mass is 35.5. The third kappa shape index (κ3) is 4.96. The average Bonchev–Trinajstić information content (AvgIpc) is 2.38. The summed E-state index contributed by atoms with van der Waals surface area (Å²) in [5, 5.41) is 0.800. The van der Waals surface area contributed by atoms with Crippen molar-refractivity contribution in [3.8, 4) is 0 Å². The summed E-state index contributed by atoms with van der Waals surface area (Å²) >= 11 is 7.68. The molecule has 0 heterocycles. The van der Waals surface area contributed by atoms with Gasteiger partial charge < -0.3 is 5.73 Å². The predicted octanol–water partition coefficient (Wildman–Crippen LogP) is 2.22. The van der Waals surface area contributed by atoms with Gasteiger partial charge in [0.2, 0.25) is 10.0 Å². The van der Waals surface area contributed by atoms with Crippen LogP contribution in [0.25, 0.3) is 0 Å². The fourth-order valence-electron chi connectivity index (χ4n) is 1.46. The van der Waals surface area contributed by atoms with Gasteiger partial charge in [-0.05, 0) is 30.4 Å². The molecule has 3 N–H and O–H groups in total. The Labute approximate surface area is 124 Å². The first-order valence-corrected chi connectivity index (χ1v) is 9.06. The number of nitrogens with one attached hydrogen (secondary N) is 1.